The molecule has 19 heavy (non-hydrogen) atoms. The van der Waals surface area contributed by atoms with Crippen molar-refractivity contribution in [1.29, 1.82) is 0 Å². The molecule has 0 saturated carbocycles. The second-order valence-electron chi connectivity index (χ2n) is 3.93. The van der Waals surface area contributed by atoms with Crippen LogP contribution in [0.3, 0.4) is 0 Å². The van der Waals surface area contributed by atoms with Gasteiger partial charge in [0.15, 0.2) is 0 Å². The Hall–Kier alpha value is -0.660. The zero-order valence-corrected chi connectivity index (χ0v) is 13.9. The van der Waals surface area contributed by atoms with Crippen molar-refractivity contribution in [2.75, 3.05) is 0 Å². The third-order valence-electron chi connectivity index (χ3n) is 2.64. The van der Waals surface area contributed by atoms with Crippen molar-refractivity contribution in [2.24, 2.45) is 0 Å². The van der Waals surface area contributed by atoms with Crippen molar-refractivity contribution in [1.82, 2.24) is 10.3 Å². The van der Waals surface area contributed by atoms with Gasteiger partial charge in [0, 0.05) is 20.7 Å². The monoisotopic (exact) mass is 406 g/mol. The number of carbonyl (C=O) groups excluding carboxylic acids is 1. The first-order chi connectivity index (χ1) is 9.11. The Kier molecular flexibility index (Phi) is 5.18. The van der Waals surface area contributed by atoms with Crippen LogP contribution in [-0.4, -0.2) is 10.9 Å². The van der Waals surface area contributed by atoms with Crippen LogP contribution in [-0.2, 0) is 0 Å². The summed E-state index contributed by atoms with van der Waals surface area (Å²) in [5, 5.41) is 6.41. The maximum atomic E-state index is 12.2. The van der Waals surface area contributed by atoms with E-state index in [1.807, 2.05) is 18.4 Å². The lowest BCUT2D eigenvalue weighted by Gasteiger charge is -2.14. The van der Waals surface area contributed by atoms with E-state index in [-0.39, 0.29) is 11.9 Å². The minimum atomic E-state index is -0.125. The molecule has 1 N–H and O–H groups in total. The average Bonchev–Trinajstić information content (AvgIpc) is 2.92. The van der Waals surface area contributed by atoms with Crippen molar-refractivity contribution in [3.63, 3.8) is 0 Å². The van der Waals surface area contributed by atoms with E-state index in [1.54, 1.807) is 29.7 Å². The largest absolute Gasteiger partial charge is 0.343 e. The van der Waals surface area contributed by atoms with Gasteiger partial charge in [-0.25, -0.2) is 4.98 Å². The zero-order chi connectivity index (χ0) is 13.8. The minimum absolute atomic E-state index is 0.0504. The molecule has 2 rings (SSSR count). The summed E-state index contributed by atoms with van der Waals surface area (Å²) in [6, 6.07) is 5.25. The molecule has 0 spiro atoms. The predicted octanol–water partition coefficient (Wildman–Crippen LogP) is 4.28. The normalized spacial score (nSPS) is 12.2. The second kappa shape index (κ2) is 6.67. The van der Waals surface area contributed by atoms with Gasteiger partial charge >= 0.3 is 0 Å². The molecule has 0 bridgehead atoms. The van der Waals surface area contributed by atoms with E-state index in [4.69, 9.17) is 11.6 Å². The molecule has 1 unspecified atom stereocenters. The Morgan fingerprint density at radius 3 is 2.95 bits per heavy atom. The fraction of sp³-hybridized carbons (Fsp3) is 0.231. The van der Waals surface area contributed by atoms with E-state index in [1.165, 1.54) is 0 Å². The van der Waals surface area contributed by atoms with E-state index in [2.05, 4.69) is 32.9 Å². The number of nitrogens with zero attached hydrogens (tertiary/aromatic N) is 1. The van der Waals surface area contributed by atoms with Crippen LogP contribution < -0.4 is 5.32 Å². The highest BCUT2D eigenvalue weighted by molar-refractivity contribution is 14.1. The Morgan fingerprint density at radius 2 is 2.37 bits per heavy atom. The quantitative estimate of drug-likeness (QED) is 0.770. The van der Waals surface area contributed by atoms with Gasteiger partial charge in [-0.3, -0.25) is 4.79 Å². The van der Waals surface area contributed by atoms with E-state index in [0.29, 0.717) is 10.6 Å². The minimum Gasteiger partial charge on any atom is -0.343 e. The van der Waals surface area contributed by atoms with Crippen molar-refractivity contribution < 1.29 is 4.79 Å². The fourth-order valence-electron chi connectivity index (χ4n) is 1.62. The van der Waals surface area contributed by atoms with E-state index in [0.717, 1.165) is 15.0 Å². The Morgan fingerprint density at radius 1 is 1.58 bits per heavy atom. The molecule has 0 radical (unpaired) electrons. The lowest BCUT2D eigenvalue weighted by molar-refractivity contribution is 0.0935. The Balaban J connectivity index is 2.13. The summed E-state index contributed by atoms with van der Waals surface area (Å²) in [5.41, 5.74) is 0.570. The molecule has 1 amide bonds. The van der Waals surface area contributed by atoms with E-state index < -0.39 is 0 Å². The third-order valence-corrected chi connectivity index (χ3v) is 5.11. The standard InChI is InChI=1S/C13H12ClIN2OS/c1-2-11(13-16-5-6-19-13)17-12(18)8-3-4-10(15)9(14)7-8/h3-7,11H,2H2,1H3,(H,17,18). The number of halogens is 2. The number of aromatic nitrogens is 1. The van der Waals surface area contributed by atoms with Crippen LogP contribution in [0.1, 0.15) is 34.8 Å². The van der Waals surface area contributed by atoms with Crippen molar-refractivity contribution in [2.45, 2.75) is 19.4 Å². The first-order valence-corrected chi connectivity index (χ1v) is 8.10. The fourth-order valence-corrected chi connectivity index (χ4v) is 2.91. The van der Waals surface area contributed by atoms with Crippen LogP contribution >= 0.6 is 45.5 Å². The molecule has 1 aromatic carbocycles. The third kappa shape index (κ3) is 3.67. The molecule has 0 aliphatic carbocycles. The van der Waals surface area contributed by atoms with Gasteiger partial charge in [-0.15, -0.1) is 11.3 Å². The van der Waals surface area contributed by atoms with Crippen LogP contribution in [0.25, 0.3) is 0 Å². The molecule has 0 fully saturated rings. The number of nitrogens with one attached hydrogen (secondary N) is 1. The SMILES string of the molecule is CCC(NC(=O)c1ccc(I)c(Cl)c1)c1nccs1. The summed E-state index contributed by atoms with van der Waals surface area (Å²) < 4.78 is 0.933. The molecular formula is C13H12ClIN2OS. The molecule has 2 aromatic rings. The molecule has 3 nitrogen and oxygen atoms in total. The maximum absolute atomic E-state index is 12.2. The highest BCUT2D eigenvalue weighted by Gasteiger charge is 2.16. The summed E-state index contributed by atoms with van der Waals surface area (Å²) in [7, 11) is 0. The molecule has 1 aromatic heterocycles. The average molecular weight is 407 g/mol. The molecule has 0 aliphatic rings. The highest BCUT2D eigenvalue weighted by Crippen LogP contribution is 2.22. The number of amides is 1. The van der Waals surface area contributed by atoms with Gasteiger partial charge in [0.05, 0.1) is 11.1 Å². The van der Waals surface area contributed by atoms with Crippen LogP contribution in [0.15, 0.2) is 29.8 Å². The summed E-state index contributed by atoms with van der Waals surface area (Å²) in [4.78, 5) is 16.4. The molecule has 6 heteroatoms. The smallest absolute Gasteiger partial charge is 0.251 e. The van der Waals surface area contributed by atoms with Gasteiger partial charge in [-0.2, -0.15) is 0 Å². The molecular weight excluding hydrogens is 395 g/mol. The number of hydrogen-bond acceptors (Lipinski definition) is 3. The molecule has 1 atom stereocenters. The van der Waals surface area contributed by atoms with Crippen molar-refractivity contribution >= 4 is 51.4 Å². The number of thiazole rings is 1. The lowest BCUT2D eigenvalue weighted by atomic mass is 10.2. The maximum Gasteiger partial charge on any atom is 0.251 e. The molecule has 0 aliphatic heterocycles. The Labute approximate surface area is 134 Å². The number of hydrogen-bond donors (Lipinski definition) is 1. The van der Waals surface area contributed by atoms with Crippen molar-refractivity contribution in [3.8, 4) is 0 Å². The van der Waals surface area contributed by atoms with Gasteiger partial charge in [0.25, 0.3) is 5.91 Å². The highest BCUT2D eigenvalue weighted by atomic mass is 127. The van der Waals surface area contributed by atoms with Crippen molar-refractivity contribution in [3.05, 3.63) is 48.9 Å². The van der Waals surface area contributed by atoms with Gasteiger partial charge in [0.1, 0.15) is 5.01 Å². The van der Waals surface area contributed by atoms with Crippen LogP contribution in [0.2, 0.25) is 5.02 Å². The van der Waals surface area contributed by atoms with Gasteiger partial charge in [-0.1, -0.05) is 18.5 Å². The van der Waals surface area contributed by atoms with Gasteiger partial charge in [0.2, 0.25) is 0 Å². The Bertz CT molecular complexity index is 574. The van der Waals surface area contributed by atoms with Crippen LogP contribution in [0.5, 0.6) is 0 Å². The summed E-state index contributed by atoms with van der Waals surface area (Å²) in [5.74, 6) is -0.125. The molecule has 0 saturated heterocycles. The topological polar surface area (TPSA) is 42.0 Å². The van der Waals surface area contributed by atoms with E-state index in [9.17, 15) is 4.79 Å². The van der Waals surface area contributed by atoms with E-state index >= 15 is 0 Å². The summed E-state index contributed by atoms with van der Waals surface area (Å²) in [6.45, 7) is 2.02. The summed E-state index contributed by atoms with van der Waals surface area (Å²) >= 11 is 9.71. The number of carbonyl (C=O) groups is 1. The molecule has 1 heterocycles. The van der Waals surface area contributed by atoms with Crippen LogP contribution in [0, 0.1) is 3.57 Å². The van der Waals surface area contributed by atoms with Gasteiger partial charge < -0.3 is 5.32 Å². The zero-order valence-electron chi connectivity index (χ0n) is 10.2. The van der Waals surface area contributed by atoms with Crippen LogP contribution in [0.4, 0.5) is 0 Å². The summed E-state index contributed by atoms with van der Waals surface area (Å²) in [6.07, 6.45) is 2.55. The number of benzene rings is 1. The number of rotatable bonds is 4. The van der Waals surface area contributed by atoms with Gasteiger partial charge in [-0.05, 0) is 47.2 Å². The lowest BCUT2D eigenvalue weighted by Crippen LogP contribution is -2.28. The second-order valence-corrected chi connectivity index (χ2v) is 6.43. The first kappa shape index (κ1) is 14.7. The molecule has 100 valence electrons. The predicted molar refractivity (Wildman–Crippen MR) is 86.8 cm³/mol. The first-order valence-electron chi connectivity index (χ1n) is 5.77.